The molecule has 0 spiro atoms. The summed E-state index contributed by atoms with van der Waals surface area (Å²) >= 11 is 0. The first-order valence-electron chi connectivity index (χ1n) is 7.13. The maximum atomic E-state index is 11.7. The zero-order chi connectivity index (χ0) is 14.8. The largest absolute Gasteiger partial charge is 0.483 e. The Morgan fingerprint density at radius 1 is 1.35 bits per heavy atom. The molecule has 0 radical (unpaired) electrons. The Hall–Kier alpha value is -1.84. The lowest BCUT2D eigenvalue weighted by Crippen LogP contribution is -2.36. The van der Waals surface area contributed by atoms with E-state index in [2.05, 4.69) is 12.2 Å². The Morgan fingerprint density at radius 3 is 2.80 bits per heavy atom. The number of hydrogen-bond donors (Lipinski definition) is 1. The summed E-state index contributed by atoms with van der Waals surface area (Å²) in [5.41, 5.74) is 0.455. The minimum atomic E-state index is -0.158. The highest BCUT2D eigenvalue weighted by atomic mass is 16.5. The van der Waals surface area contributed by atoms with E-state index in [9.17, 15) is 9.59 Å². The lowest BCUT2D eigenvalue weighted by Gasteiger charge is -2.14. The van der Waals surface area contributed by atoms with Gasteiger partial charge in [-0.2, -0.15) is 0 Å². The lowest BCUT2D eigenvalue weighted by molar-refractivity contribution is -0.123. The van der Waals surface area contributed by atoms with Crippen LogP contribution in [0.3, 0.4) is 0 Å². The second-order valence-electron chi connectivity index (χ2n) is 4.91. The van der Waals surface area contributed by atoms with Crippen LogP contribution in [0.2, 0.25) is 0 Å². The first-order chi connectivity index (χ1) is 9.67. The average molecular weight is 277 g/mol. The number of aldehydes is 1. The number of unbranched alkanes of at least 4 members (excludes halogenated alkanes) is 2. The summed E-state index contributed by atoms with van der Waals surface area (Å²) in [5, 5.41) is 2.89. The topological polar surface area (TPSA) is 55.4 Å². The number of hydrogen-bond acceptors (Lipinski definition) is 3. The van der Waals surface area contributed by atoms with Crippen molar-refractivity contribution < 1.29 is 14.3 Å². The van der Waals surface area contributed by atoms with Crippen molar-refractivity contribution >= 4 is 12.2 Å². The van der Waals surface area contributed by atoms with Crippen molar-refractivity contribution in [3.05, 3.63) is 29.8 Å². The van der Waals surface area contributed by atoms with E-state index in [0.29, 0.717) is 11.3 Å². The fourth-order valence-electron chi connectivity index (χ4n) is 1.94. The third-order valence-electron chi connectivity index (χ3n) is 3.05. The third kappa shape index (κ3) is 5.87. The van der Waals surface area contributed by atoms with Crippen LogP contribution >= 0.6 is 0 Å². The van der Waals surface area contributed by atoms with Crippen LogP contribution in [0.4, 0.5) is 0 Å². The monoisotopic (exact) mass is 277 g/mol. The number of nitrogens with one attached hydrogen (secondary N) is 1. The van der Waals surface area contributed by atoms with Gasteiger partial charge < -0.3 is 10.1 Å². The van der Waals surface area contributed by atoms with Gasteiger partial charge in [0.2, 0.25) is 0 Å². The van der Waals surface area contributed by atoms with E-state index < -0.39 is 0 Å². The minimum Gasteiger partial charge on any atom is -0.483 e. The molecule has 1 N–H and O–H groups in total. The normalized spacial score (nSPS) is 11.7. The molecule has 4 nitrogen and oxygen atoms in total. The van der Waals surface area contributed by atoms with E-state index in [1.54, 1.807) is 24.3 Å². The molecule has 0 aromatic heterocycles. The van der Waals surface area contributed by atoms with E-state index in [-0.39, 0.29) is 18.6 Å². The van der Waals surface area contributed by atoms with Gasteiger partial charge in [-0.1, -0.05) is 38.3 Å². The Morgan fingerprint density at radius 2 is 2.10 bits per heavy atom. The van der Waals surface area contributed by atoms with Crippen LogP contribution in [0.15, 0.2) is 24.3 Å². The zero-order valence-electron chi connectivity index (χ0n) is 12.2. The molecule has 20 heavy (non-hydrogen) atoms. The van der Waals surface area contributed by atoms with Crippen LogP contribution in [0, 0.1) is 0 Å². The molecular weight excluding hydrogens is 254 g/mol. The molecule has 0 fully saturated rings. The summed E-state index contributed by atoms with van der Waals surface area (Å²) in [7, 11) is 0. The summed E-state index contributed by atoms with van der Waals surface area (Å²) in [4.78, 5) is 22.6. The van der Waals surface area contributed by atoms with E-state index in [0.717, 1.165) is 19.1 Å². The van der Waals surface area contributed by atoms with E-state index in [1.807, 2.05) is 6.92 Å². The van der Waals surface area contributed by atoms with E-state index in [1.165, 1.54) is 12.8 Å². The predicted molar refractivity (Wildman–Crippen MR) is 79.1 cm³/mol. The molecular formula is C16H23NO3. The van der Waals surface area contributed by atoms with Crippen LogP contribution in [0.25, 0.3) is 0 Å². The van der Waals surface area contributed by atoms with Crippen molar-refractivity contribution in [1.29, 1.82) is 0 Å². The van der Waals surface area contributed by atoms with Crippen molar-refractivity contribution in [1.82, 2.24) is 5.32 Å². The summed E-state index contributed by atoms with van der Waals surface area (Å²) in [6, 6.07) is 7.02. The van der Waals surface area contributed by atoms with Crippen LogP contribution in [0.5, 0.6) is 5.75 Å². The second-order valence-corrected chi connectivity index (χ2v) is 4.91. The van der Waals surface area contributed by atoms with Gasteiger partial charge in [0, 0.05) is 6.04 Å². The Kier molecular flexibility index (Phi) is 7.40. The molecule has 1 aromatic rings. The highest BCUT2D eigenvalue weighted by Gasteiger charge is 2.09. The van der Waals surface area contributed by atoms with Gasteiger partial charge in [0.25, 0.3) is 5.91 Å². The van der Waals surface area contributed by atoms with E-state index >= 15 is 0 Å². The number of carbonyl (C=O) groups is 2. The van der Waals surface area contributed by atoms with E-state index in [4.69, 9.17) is 4.74 Å². The molecule has 1 unspecified atom stereocenters. The van der Waals surface area contributed by atoms with Gasteiger partial charge in [-0.3, -0.25) is 9.59 Å². The molecule has 0 saturated carbocycles. The SMILES string of the molecule is CCCCCC(C)NC(=O)COc1ccccc1C=O. The molecule has 0 aliphatic heterocycles. The number of rotatable bonds is 9. The summed E-state index contributed by atoms with van der Waals surface area (Å²) < 4.78 is 5.37. The summed E-state index contributed by atoms with van der Waals surface area (Å²) in [5.74, 6) is 0.283. The molecule has 110 valence electrons. The second kappa shape index (κ2) is 9.13. The minimum absolute atomic E-state index is 0.0665. The molecule has 4 heteroatoms. The van der Waals surface area contributed by atoms with Crippen molar-refractivity contribution in [2.24, 2.45) is 0 Å². The van der Waals surface area contributed by atoms with Gasteiger partial charge in [0.1, 0.15) is 5.75 Å². The maximum absolute atomic E-state index is 11.7. The van der Waals surface area contributed by atoms with Gasteiger partial charge in [-0.05, 0) is 25.5 Å². The molecule has 0 saturated heterocycles. The number of benzene rings is 1. The highest BCUT2D eigenvalue weighted by Crippen LogP contribution is 2.15. The molecule has 1 aromatic carbocycles. The number of amides is 1. The van der Waals surface area contributed by atoms with Gasteiger partial charge >= 0.3 is 0 Å². The van der Waals surface area contributed by atoms with Gasteiger partial charge in [-0.25, -0.2) is 0 Å². The number of ether oxygens (including phenoxy) is 1. The van der Waals surface area contributed by atoms with Gasteiger partial charge in [-0.15, -0.1) is 0 Å². The van der Waals surface area contributed by atoms with Crippen molar-refractivity contribution in [2.75, 3.05) is 6.61 Å². The van der Waals surface area contributed by atoms with Crippen LogP contribution in [-0.2, 0) is 4.79 Å². The van der Waals surface area contributed by atoms with Crippen molar-refractivity contribution in [3.8, 4) is 5.75 Å². The van der Waals surface area contributed by atoms with Crippen LogP contribution in [0.1, 0.15) is 49.9 Å². The molecule has 1 amide bonds. The first kappa shape index (κ1) is 16.2. The zero-order valence-corrected chi connectivity index (χ0v) is 12.2. The fourth-order valence-corrected chi connectivity index (χ4v) is 1.94. The number of para-hydroxylation sites is 1. The summed E-state index contributed by atoms with van der Waals surface area (Å²) in [6.07, 6.45) is 5.17. The fraction of sp³-hybridized carbons (Fsp3) is 0.500. The average Bonchev–Trinajstić information content (AvgIpc) is 2.45. The standard InChI is InChI=1S/C16H23NO3/c1-3-4-5-8-13(2)17-16(19)12-20-15-10-7-6-9-14(15)11-18/h6-7,9-11,13H,3-5,8,12H2,1-2H3,(H,17,19). The predicted octanol–water partition coefficient (Wildman–Crippen LogP) is 2.96. The quantitative estimate of drug-likeness (QED) is 0.557. The van der Waals surface area contributed by atoms with Gasteiger partial charge in [0.05, 0.1) is 5.56 Å². The Labute approximate surface area is 120 Å². The molecule has 1 atom stereocenters. The first-order valence-corrected chi connectivity index (χ1v) is 7.13. The molecule has 0 bridgehead atoms. The number of carbonyl (C=O) groups excluding carboxylic acids is 2. The highest BCUT2D eigenvalue weighted by molar-refractivity contribution is 5.80. The summed E-state index contributed by atoms with van der Waals surface area (Å²) in [6.45, 7) is 4.08. The van der Waals surface area contributed by atoms with Crippen molar-refractivity contribution in [3.63, 3.8) is 0 Å². The van der Waals surface area contributed by atoms with Crippen LogP contribution < -0.4 is 10.1 Å². The maximum Gasteiger partial charge on any atom is 0.258 e. The Bertz CT molecular complexity index is 431. The third-order valence-corrected chi connectivity index (χ3v) is 3.05. The van der Waals surface area contributed by atoms with Crippen LogP contribution in [-0.4, -0.2) is 24.8 Å². The molecule has 0 aliphatic carbocycles. The smallest absolute Gasteiger partial charge is 0.258 e. The lowest BCUT2D eigenvalue weighted by atomic mass is 10.1. The van der Waals surface area contributed by atoms with Crippen molar-refractivity contribution in [2.45, 2.75) is 45.6 Å². The molecule has 1 rings (SSSR count). The van der Waals surface area contributed by atoms with Gasteiger partial charge in [0.15, 0.2) is 12.9 Å². The Balaban J connectivity index is 2.34. The molecule has 0 aliphatic rings. The molecule has 0 heterocycles.